The van der Waals surface area contributed by atoms with E-state index in [1.807, 2.05) is 45.0 Å². The first-order valence-electron chi connectivity index (χ1n) is 9.88. The molecule has 0 bridgehead atoms. The van der Waals surface area contributed by atoms with Gasteiger partial charge in [-0.1, -0.05) is 29.8 Å². The molecule has 1 saturated heterocycles. The molecule has 2 aliphatic rings. The van der Waals surface area contributed by atoms with Crippen molar-refractivity contribution in [3.05, 3.63) is 70.8 Å². The van der Waals surface area contributed by atoms with Crippen molar-refractivity contribution in [3.63, 3.8) is 0 Å². The number of rotatable bonds is 3. The van der Waals surface area contributed by atoms with Crippen LogP contribution in [0.15, 0.2) is 54.1 Å². The Morgan fingerprint density at radius 1 is 0.966 bits per heavy atom. The van der Waals surface area contributed by atoms with Crippen molar-refractivity contribution in [1.29, 1.82) is 0 Å². The number of benzene rings is 2. The number of amides is 3. The number of carbonyl (C=O) groups is 3. The first-order chi connectivity index (χ1) is 13.9. The Kier molecular flexibility index (Phi) is 4.82. The summed E-state index contributed by atoms with van der Waals surface area (Å²) in [5, 5.41) is 2.89. The van der Waals surface area contributed by atoms with Gasteiger partial charge >= 0.3 is 0 Å². The molecule has 2 atom stereocenters. The van der Waals surface area contributed by atoms with Crippen LogP contribution in [0.3, 0.4) is 0 Å². The maximum atomic E-state index is 13.1. The SMILES string of the molecule is CC1=CC[C@H]2C(=O)N(c3ccccc3C(=O)Nc3ccc(C)c(C)c3)C(=O)[C@H]2C1. The Balaban J connectivity index is 1.65. The van der Waals surface area contributed by atoms with Gasteiger partial charge in [0.2, 0.25) is 11.8 Å². The molecule has 0 saturated carbocycles. The number of nitrogens with one attached hydrogen (secondary N) is 1. The van der Waals surface area contributed by atoms with Crippen molar-refractivity contribution in [2.24, 2.45) is 11.8 Å². The Morgan fingerprint density at radius 3 is 2.45 bits per heavy atom. The first-order valence-corrected chi connectivity index (χ1v) is 9.88. The highest BCUT2D eigenvalue weighted by Crippen LogP contribution is 2.40. The van der Waals surface area contributed by atoms with Gasteiger partial charge in [-0.2, -0.15) is 0 Å². The Bertz CT molecular complexity index is 1050. The van der Waals surface area contributed by atoms with E-state index in [-0.39, 0.29) is 29.6 Å². The molecule has 3 amide bonds. The Hall–Kier alpha value is -3.21. The van der Waals surface area contributed by atoms with Crippen LogP contribution in [-0.2, 0) is 9.59 Å². The average Bonchev–Trinajstić information content (AvgIpc) is 2.94. The van der Waals surface area contributed by atoms with Crippen molar-refractivity contribution >= 4 is 29.1 Å². The van der Waals surface area contributed by atoms with E-state index in [9.17, 15) is 14.4 Å². The molecule has 5 nitrogen and oxygen atoms in total. The average molecular weight is 388 g/mol. The topological polar surface area (TPSA) is 66.5 Å². The maximum absolute atomic E-state index is 13.1. The summed E-state index contributed by atoms with van der Waals surface area (Å²) in [7, 11) is 0. The molecule has 1 N–H and O–H groups in total. The normalized spacial score (nSPS) is 21.1. The van der Waals surface area contributed by atoms with Gasteiger partial charge in [0.25, 0.3) is 5.91 Å². The lowest BCUT2D eigenvalue weighted by Gasteiger charge is -2.19. The van der Waals surface area contributed by atoms with Crippen LogP contribution in [0.25, 0.3) is 0 Å². The van der Waals surface area contributed by atoms with Crippen LogP contribution < -0.4 is 10.2 Å². The summed E-state index contributed by atoms with van der Waals surface area (Å²) in [4.78, 5) is 40.3. The number of hydrogen-bond acceptors (Lipinski definition) is 3. The molecular weight excluding hydrogens is 364 g/mol. The van der Waals surface area contributed by atoms with Gasteiger partial charge < -0.3 is 5.32 Å². The Labute approximate surface area is 170 Å². The second-order valence-corrected chi connectivity index (χ2v) is 7.99. The monoisotopic (exact) mass is 388 g/mol. The van der Waals surface area contributed by atoms with Gasteiger partial charge in [0.15, 0.2) is 0 Å². The molecule has 5 heteroatoms. The van der Waals surface area contributed by atoms with Gasteiger partial charge in [-0.05, 0) is 69.0 Å². The molecule has 148 valence electrons. The second kappa shape index (κ2) is 7.32. The molecule has 0 aromatic heterocycles. The molecule has 1 fully saturated rings. The number of carbonyl (C=O) groups excluding carboxylic acids is 3. The number of allylic oxidation sites excluding steroid dienone is 2. The standard InChI is InChI=1S/C24H24N2O3/c1-14-8-11-18-20(12-14)24(29)26(23(18)28)21-7-5-4-6-19(21)22(27)25-17-10-9-15(2)16(3)13-17/h4-10,13,18,20H,11-12H2,1-3H3,(H,25,27)/t18-,20+/m1/s1. The van der Waals surface area contributed by atoms with E-state index in [0.29, 0.717) is 29.8 Å². The van der Waals surface area contributed by atoms with Crippen molar-refractivity contribution in [3.8, 4) is 0 Å². The van der Waals surface area contributed by atoms with Crippen LogP contribution in [0.2, 0.25) is 0 Å². The summed E-state index contributed by atoms with van der Waals surface area (Å²) >= 11 is 0. The summed E-state index contributed by atoms with van der Waals surface area (Å²) in [6.45, 7) is 5.98. The highest BCUT2D eigenvalue weighted by molar-refractivity contribution is 6.25. The number of hydrogen-bond donors (Lipinski definition) is 1. The lowest BCUT2D eigenvalue weighted by atomic mass is 9.82. The molecule has 0 unspecified atom stereocenters. The predicted octanol–water partition coefficient (Wildman–Crippen LogP) is 4.40. The third kappa shape index (κ3) is 3.37. The zero-order valence-electron chi connectivity index (χ0n) is 16.9. The second-order valence-electron chi connectivity index (χ2n) is 7.99. The molecule has 1 aliphatic heterocycles. The minimum absolute atomic E-state index is 0.209. The molecule has 4 rings (SSSR count). The third-order valence-corrected chi connectivity index (χ3v) is 5.98. The van der Waals surface area contributed by atoms with Gasteiger partial charge in [-0.25, -0.2) is 4.90 Å². The smallest absolute Gasteiger partial charge is 0.257 e. The van der Waals surface area contributed by atoms with Crippen LogP contribution in [-0.4, -0.2) is 17.7 Å². The number of aryl methyl sites for hydroxylation is 2. The predicted molar refractivity (Wildman–Crippen MR) is 113 cm³/mol. The zero-order chi connectivity index (χ0) is 20.7. The maximum Gasteiger partial charge on any atom is 0.257 e. The lowest BCUT2D eigenvalue weighted by molar-refractivity contribution is -0.122. The number of nitrogens with zero attached hydrogens (tertiary/aromatic N) is 1. The largest absolute Gasteiger partial charge is 0.322 e. The van der Waals surface area contributed by atoms with Gasteiger partial charge in [-0.3, -0.25) is 14.4 Å². The van der Waals surface area contributed by atoms with Crippen LogP contribution in [0, 0.1) is 25.7 Å². The number of para-hydroxylation sites is 1. The van der Waals surface area contributed by atoms with Gasteiger partial charge in [0.1, 0.15) is 0 Å². The number of imide groups is 1. The van der Waals surface area contributed by atoms with Crippen LogP contribution in [0.4, 0.5) is 11.4 Å². The van der Waals surface area contributed by atoms with E-state index in [4.69, 9.17) is 0 Å². The van der Waals surface area contributed by atoms with E-state index in [0.717, 1.165) is 16.7 Å². The molecular formula is C24H24N2O3. The van der Waals surface area contributed by atoms with Crippen molar-refractivity contribution in [1.82, 2.24) is 0 Å². The van der Waals surface area contributed by atoms with Crippen molar-refractivity contribution in [2.45, 2.75) is 33.6 Å². The summed E-state index contributed by atoms with van der Waals surface area (Å²) in [6, 6.07) is 12.5. The summed E-state index contributed by atoms with van der Waals surface area (Å²) in [6.07, 6.45) is 3.21. The minimum Gasteiger partial charge on any atom is -0.322 e. The molecule has 0 spiro atoms. The quantitative estimate of drug-likeness (QED) is 0.626. The lowest BCUT2D eigenvalue weighted by Crippen LogP contribution is -2.33. The van der Waals surface area contributed by atoms with Gasteiger partial charge in [0, 0.05) is 5.69 Å². The summed E-state index contributed by atoms with van der Waals surface area (Å²) in [5.41, 5.74) is 4.71. The highest BCUT2D eigenvalue weighted by Gasteiger charge is 2.49. The van der Waals surface area contributed by atoms with E-state index < -0.39 is 0 Å². The molecule has 29 heavy (non-hydrogen) atoms. The summed E-state index contributed by atoms with van der Waals surface area (Å²) in [5.74, 6) is -1.42. The van der Waals surface area contributed by atoms with Crippen LogP contribution >= 0.6 is 0 Å². The molecule has 2 aromatic carbocycles. The van der Waals surface area contributed by atoms with Gasteiger partial charge in [0.05, 0.1) is 23.1 Å². The Morgan fingerprint density at radius 2 is 1.69 bits per heavy atom. The molecule has 2 aromatic rings. The minimum atomic E-state index is -0.339. The van der Waals surface area contributed by atoms with E-state index in [1.165, 1.54) is 4.90 Å². The van der Waals surface area contributed by atoms with E-state index >= 15 is 0 Å². The van der Waals surface area contributed by atoms with Crippen molar-refractivity contribution < 1.29 is 14.4 Å². The fraction of sp³-hybridized carbons (Fsp3) is 0.292. The molecule has 1 aliphatic carbocycles. The summed E-state index contributed by atoms with van der Waals surface area (Å²) < 4.78 is 0. The fourth-order valence-electron chi connectivity index (χ4n) is 4.15. The first kappa shape index (κ1) is 19.1. The van der Waals surface area contributed by atoms with Crippen molar-refractivity contribution in [2.75, 3.05) is 10.2 Å². The van der Waals surface area contributed by atoms with Crippen LogP contribution in [0.5, 0.6) is 0 Å². The van der Waals surface area contributed by atoms with Crippen LogP contribution in [0.1, 0.15) is 41.3 Å². The number of anilines is 2. The highest BCUT2D eigenvalue weighted by atomic mass is 16.2. The van der Waals surface area contributed by atoms with E-state index in [1.54, 1.807) is 24.3 Å². The fourth-order valence-corrected chi connectivity index (χ4v) is 4.15. The number of fused-ring (bicyclic) bond motifs is 1. The third-order valence-electron chi connectivity index (χ3n) is 5.98. The molecule has 0 radical (unpaired) electrons. The van der Waals surface area contributed by atoms with Gasteiger partial charge in [-0.15, -0.1) is 0 Å². The zero-order valence-corrected chi connectivity index (χ0v) is 16.9. The molecule has 1 heterocycles. The van der Waals surface area contributed by atoms with E-state index in [2.05, 4.69) is 5.32 Å².